The van der Waals surface area contributed by atoms with Gasteiger partial charge in [0.25, 0.3) is 0 Å². The maximum Gasteiger partial charge on any atom is 0.243 e. The van der Waals surface area contributed by atoms with Gasteiger partial charge in [-0.2, -0.15) is 4.98 Å². The zero-order valence-electron chi connectivity index (χ0n) is 12.7. The highest BCUT2D eigenvalue weighted by atomic mass is 16.5. The van der Waals surface area contributed by atoms with Gasteiger partial charge >= 0.3 is 0 Å². The first-order valence-corrected chi connectivity index (χ1v) is 7.67. The number of nitrogens with zero attached hydrogens (tertiary/aromatic N) is 2. The fourth-order valence-corrected chi connectivity index (χ4v) is 3.31. The van der Waals surface area contributed by atoms with E-state index in [9.17, 15) is 0 Å². The van der Waals surface area contributed by atoms with E-state index >= 15 is 0 Å². The Bertz CT molecular complexity index is 453. The van der Waals surface area contributed by atoms with Crippen molar-refractivity contribution in [3.05, 3.63) is 11.7 Å². The second-order valence-electron chi connectivity index (χ2n) is 6.97. The monoisotopic (exact) mass is 279 g/mol. The Labute approximate surface area is 120 Å². The summed E-state index contributed by atoms with van der Waals surface area (Å²) in [6, 6.07) is 0.227. The predicted octanol–water partition coefficient (Wildman–Crippen LogP) is 2.94. The predicted molar refractivity (Wildman–Crippen MR) is 75.2 cm³/mol. The molecule has 1 atom stereocenters. The number of methoxy groups -OCH3 is 1. The van der Waals surface area contributed by atoms with Crippen LogP contribution in [0.5, 0.6) is 0 Å². The van der Waals surface area contributed by atoms with Crippen molar-refractivity contribution in [1.82, 2.24) is 15.5 Å². The van der Waals surface area contributed by atoms with Gasteiger partial charge in [0, 0.05) is 7.11 Å². The van der Waals surface area contributed by atoms with Crippen molar-refractivity contribution in [3.8, 4) is 0 Å². The second kappa shape index (κ2) is 5.11. The molecule has 1 aliphatic carbocycles. The van der Waals surface area contributed by atoms with Gasteiger partial charge in [0.05, 0.1) is 6.04 Å². The van der Waals surface area contributed by atoms with Crippen LogP contribution in [0.15, 0.2) is 4.52 Å². The normalized spacial score (nSPS) is 28.6. The molecule has 0 amide bonds. The van der Waals surface area contributed by atoms with Crippen molar-refractivity contribution < 1.29 is 9.26 Å². The Hall–Kier alpha value is -0.940. The SMILES string of the molecule is COC1(c2noc([C@@H]3CCCN3)n2)CCC(C)(C)CC1. The maximum absolute atomic E-state index is 5.83. The number of rotatable bonds is 3. The summed E-state index contributed by atoms with van der Waals surface area (Å²) in [6.07, 6.45) is 6.44. The molecule has 20 heavy (non-hydrogen) atoms. The van der Waals surface area contributed by atoms with E-state index in [1.165, 1.54) is 6.42 Å². The summed E-state index contributed by atoms with van der Waals surface area (Å²) in [5, 5.41) is 7.62. The highest BCUT2D eigenvalue weighted by Crippen LogP contribution is 2.46. The molecule has 1 aromatic rings. The zero-order valence-corrected chi connectivity index (χ0v) is 12.7. The van der Waals surface area contributed by atoms with Gasteiger partial charge in [-0.05, 0) is 50.5 Å². The first-order chi connectivity index (χ1) is 9.55. The van der Waals surface area contributed by atoms with Crippen LogP contribution in [0.25, 0.3) is 0 Å². The van der Waals surface area contributed by atoms with Crippen molar-refractivity contribution in [2.24, 2.45) is 5.41 Å². The lowest BCUT2D eigenvalue weighted by molar-refractivity contribution is -0.0740. The van der Waals surface area contributed by atoms with Crippen LogP contribution in [0.2, 0.25) is 0 Å². The van der Waals surface area contributed by atoms with Crippen molar-refractivity contribution in [1.29, 1.82) is 0 Å². The second-order valence-corrected chi connectivity index (χ2v) is 6.97. The molecule has 0 aromatic carbocycles. The molecule has 0 bridgehead atoms. The Morgan fingerprint density at radius 3 is 2.60 bits per heavy atom. The molecule has 2 aliphatic rings. The molecule has 3 rings (SSSR count). The molecular weight excluding hydrogens is 254 g/mol. The average molecular weight is 279 g/mol. The fraction of sp³-hybridized carbons (Fsp3) is 0.867. The van der Waals surface area contributed by atoms with E-state index in [0.717, 1.165) is 50.4 Å². The minimum atomic E-state index is -0.351. The van der Waals surface area contributed by atoms with Gasteiger partial charge in [0.1, 0.15) is 5.60 Å². The van der Waals surface area contributed by atoms with E-state index in [0.29, 0.717) is 5.41 Å². The summed E-state index contributed by atoms with van der Waals surface area (Å²) in [6.45, 7) is 5.67. The molecule has 1 N–H and O–H groups in total. The lowest BCUT2D eigenvalue weighted by atomic mass is 9.70. The Balaban J connectivity index is 1.79. The van der Waals surface area contributed by atoms with E-state index in [4.69, 9.17) is 9.26 Å². The van der Waals surface area contributed by atoms with Crippen LogP contribution in [-0.2, 0) is 10.3 Å². The molecule has 1 aliphatic heterocycles. The number of aromatic nitrogens is 2. The fourth-order valence-electron chi connectivity index (χ4n) is 3.31. The van der Waals surface area contributed by atoms with Crippen molar-refractivity contribution in [2.45, 2.75) is 64.0 Å². The number of hydrogen-bond donors (Lipinski definition) is 1. The molecule has 0 radical (unpaired) electrons. The van der Waals surface area contributed by atoms with Gasteiger partial charge < -0.3 is 14.6 Å². The summed E-state index contributed by atoms with van der Waals surface area (Å²) in [4.78, 5) is 4.64. The Morgan fingerprint density at radius 2 is 2.00 bits per heavy atom. The molecule has 5 nitrogen and oxygen atoms in total. The van der Waals surface area contributed by atoms with E-state index in [-0.39, 0.29) is 11.6 Å². The smallest absolute Gasteiger partial charge is 0.243 e. The van der Waals surface area contributed by atoms with Crippen LogP contribution in [0.4, 0.5) is 0 Å². The highest BCUT2D eigenvalue weighted by molar-refractivity contribution is 5.07. The van der Waals surface area contributed by atoms with Gasteiger partial charge in [0.15, 0.2) is 0 Å². The highest BCUT2D eigenvalue weighted by Gasteiger charge is 2.43. The first-order valence-electron chi connectivity index (χ1n) is 7.67. The van der Waals surface area contributed by atoms with Crippen molar-refractivity contribution >= 4 is 0 Å². The van der Waals surface area contributed by atoms with Crippen molar-refractivity contribution in [2.75, 3.05) is 13.7 Å². The molecule has 1 aromatic heterocycles. The first kappa shape index (κ1) is 14.0. The quantitative estimate of drug-likeness (QED) is 0.921. The minimum absolute atomic E-state index is 0.227. The molecule has 0 spiro atoms. The van der Waals surface area contributed by atoms with E-state index < -0.39 is 0 Å². The van der Waals surface area contributed by atoms with Gasteiger partial charge in [0.2, 0.25) is 11.7 Å². The van der Waals surface area contributed by atoms with Crippen LogP contribution < -0.4 is 5.32 Å². The molecule has 2 heterocycles. The van der Waals surface area contributed by atoms with Crippen LogP contribution in [-0.4, -0.2) is 23.8 Å². The third kappa shape index (κ3) is 2.49. The summed E-state index contributed by atoms with van der Waals surface area (Å²) >= 11 is 0. The molecule has 2 fully saturated rings. The van der Waals surface area contributed by atoms with Crippen LogP contribution in [0, 0.1) is 5.41 Å². The topological polar surface area (TPSA) is 60.2 Å². The van der Waals surface area contributed by atoms with Gasteiger partial charge in [-0.3, -0.25) is 0 Å². The molecule has 0 unspecified atom stereocenters. The third-order valence-electron chi connectivity index (χ3n) is 5.01. The molecule has 1 saturated carbocycles. The molecule has 1 saturated heterocycles. The van der Waals surface area contributed by atoms with Crippen LogP contribution in [0.1, 0.15) is 70.1 Å². The van der Waals surface area contributed by atoms with E-state index in [1.54, 1.807) is 7.11 Å². The Morgan fingerprint density at radius 1 is 1.25 bits per heavy atom. The number of nitrogens with one attached hydrogen (secondary N) is 1. The molecular formula is C15H25N3O2. The number of ether oxygens (including phenoxy) is 1. The zero-order chi connectivity index (χ0) is 14.2. The largest absolute Gasteiger partial charge is 0.370 e. The lowest BCUT2D eigenvalue weighted by Crippen LogP contribution is -2.37. The van der Waals surface area contributed by atoms with E-state index in [1.807, 2.05) is 0 Å². The van der Waals surface area contributed by atoms with Gasteiger partial charge in [-0.25, -0.2) is 0 Å². The lowest BCUT2D eigenvalue weighted by Gasteiger charge is -2.40. The maximum atomic E-state index is 5.83. The average Bonchev–Trinajstić information content (AvgIpc) is 3.10. The van der Waals surface area contributed by atoms with Crippen LogP contribution >= 0.6 is 0 Å². The van der Waals surface area contributed by atoms with Crippen molar-refractivity contribution in [3.63, 3.8) is 0 Å². The van der Waals surface area contributed by atoms with Gasteiger partial charge in [-0.15, -0.1) is 0 Å². The van der Waals surface area contributed by atoms with E-state index in [2.05, 4.69) is 29.3 Å². The Kier molecular flexibility index (Phi) is 3.58. The summed E-state index contributed by atoms with van der Waals surface area (Å²) in [5.41, 5.74) is 0.0392. The summed E-state index contributed by atoms with van der Waals surface area (Å²) in [5.74, 6) is 1.46. The molecule has 112 valence electrons. The third-order valence-corrected chi connectivity index (χ3v) is 5.01. The van der Waals surface area contributed by atoms with Gasteiger partial charge in [-0.1, -0.05) is 19.0 Å². The summed E-state index contributed by atoms with van der Waals surface area (Å²) in [7, 11) is 1.77. The standard InChI is InChI=1S/C15H25N3O2/c1-14(2)6-8-15(19-3,9-7-14)13-17-12(20-18-13)11-5-4-10-16-11/h11,16H,4-10H2,1-3H3/t11-/m0/s1. The number of hydrogen-bond acceptors (Lipinski definition) is 5. The minimum Gasteiger partial charge on any atom is -0.370 e. The van der Waals surface area contributed by atoms with Crippen LogP contribution in [0.3, 0.4) is 0 Å². The molecule has 5 heteroatoms. The summed E-state index contributed by atoms with van der Waals surface area (Å²) < 4.78 is 11.3.